The summed E-state index contributed by atoms with van der Waals surface area (Å²) < 4.78 is 0.872. The first-order valence-electron chi connectivity index (χ1n) is 11.1. The number of rotatable bonds is 5. The zero-order valence-corrected chi connectivity index (χ0v) is 17.7. The van der Waals surface area contributed by atoms with Crippen LogP contribution < -0.4 is 0 Å². The van der Waals surface area contributed by atoms with Crippen LogP contribution in [0.1, 0.15) is 35.6 Å². The predicted octanol–water partition coefficient (Wildman–Crippen LogP) is 4.75. The molecule has 31 heavy (non-hydrogen) atoms. The highest BCUT2D eigenvalue weighted by molar-refractivity contribution is 5.82. The summed E-state index contributed by atoms with van der Waals surface area (Å²) in [5, 5.41) is 21.9. The summed E-state index contributed by atoms with van der Waals surface area (Å²) in [6.07, 6.45) is 5.58. The van der Waals surface area contributed by atoms with E-state index in [0.717, 1.165) is 47.0 Å². The Morgan fingerprint density at radius 1 is 1.19 bits per heavy atom. The lowest BCUT2D eigenvalue weighted by Gasteiger charge is -2.58. The Hall–Kier alpha value is -3.00. The highest BCUT2D eigenvalue weighted by atomic mass is 16.3. The van der Waals surface area contributed by atoms with Crippen molar-refractivity contribution in [2.24, 2.45) is 11.8 Å². The number of nitrogens with zero attached hydrogens (tertiary/aromatic N) is 3. The molecule has 3 fully saturated rings. The number of aliphatic hydroxyl groups is 1. The van der Waals surface area contributed by atoms with Gasteiger partial charge in [0.15, 0.2) is 0 Å². The largest absolute Gasteiger partial charge is 0.382 e. The Balaban J connectivity index is 1.54. The first-order valence-corrected chi connectivity index (χ1v) is 11.1. The van der Waals surface area contributed by atoms with Crippen LogP contribution in [0.5, 0.6) is 0 Å². The summed E-state index contributed by atoms with van der Waals surface area (Å²) in [5.74, 6) is 1.08. The number of hydrogen-bond acceptors (Lipinski definition) is 3. The van der Waals surface area contributed by atoms with Crippen molar-refractivity contribution >= 4 is 10.9 Å². The molecule has 1 aromatic heterocycles. The van der Waals surface area contributed by atoms with Gasteiger partial charge in [-0.05, 0) is 35.7 Å². The number of pyridine rings is 1. The maximum Gasteiger partial charge on any atom is 0.131 e. The molecule has 1 unspecified atom stereocenters. The third kappa shape index (κ3) is 3.44. The maximum atomic E-state index is 11.7. The van der Waals surface area contributed by atoms with Gasteiger partial charge in [-0.25, -0.2) is 0 Å². The molecule has 0 saturated carbocycles. The van der Waals surface area contributed by atoms with E-state index in [-0.39, 0.29) is 6.04 Å². The molecule has 0 aliphatic carbocycles. The number of benzene rings is 2. The van der Waals surface area contributed by atoms with E-state index in [9.17, 15) is 5.11 Å². The summed E-state index contributed by atoms with van der Waals surface area (Å²) in [6, 6.07) is 20.3. The van der Waals surface area contributed by atoms with Crippen molar-refractivity contribution in [2.75, 3.05) is 13.1 Å². The maximum absolute atomic E-state index is 11.7. The van der Waals surface area contributed by atoms with Gasteiger partial charge in [-0.15, -0.1) is 6.58 Å². The van der Waals surface area contributed by atoms with Crippen LogP contribution in [-0.4, -0.2) is 33.7 Å². The Morgan fingerprint density at radius 3 is 2.77 bits per heavy atom. The molecule has 3 aromatic rings. The van der Waals surface area contributed by atoms with Gasteiger partial charge in [0.1, 0.15) is 18.7 Å². The van der Waals surface area contributed by atoms with Gasteiger partial charge in [0, 0.05) is 35.9 Å². The Morgan fingerprint density at radius 2 is 2.00 bits per heavy atom. The van der Waals surface area contributed by atoms with Crippen molar-refractivity contribution < 1.29 is 9.59 Å². The number of fused-ring (bicyclic) bond motifs is 4. The summed E-state index contributed by atoms with van der Waals surface area (Å²) >= 11 is 0. The molecule has 3 aliphatic rings. The molecule has 4 nitrogen and oxygen atoms in total. The van der Waals surface area contributed by atoms with Crippen LogP contribution in [0.15, 0.2) is 73.4 Å². The Kier molecular flexibility index (Phi) is 5.09. The van der Waals surface area contributed by atoms with Gasteiger partial charge in [0.25, 0.3) is 0 Å². The van der Waals surface area contributed by atoms with Crippen LogP contribution in [-0.2, 0) is 6.54 Å². The van der Waals surface area contributed by atoms with Crippen LogP contribution in [0, 0.1) is 23.2 Å². The van der Waals surface area contributed by atoms with E-state index in [1.807, 2.05) is 42.6 Å². The van der Waals surface area contributed by atoms with Crippen LogP contribution in [0.3, 0.4) is 0 Å². The number of aromatic nitrogens is 1. The summed E-state index contributed by atoms with van der Waals surface area (Å²) in [5.41, 5.74) is 3.82. The topological polar surface area (TPSA) is 56.9 Å². The highest BCUT2D eigenvalue weighted by Gasteiger charge is 2.53. The van der Waals surface area contributed by atoms with Crippen molar-refractivity contribution in [3.63, 3.8) is 0 Å². The van der Waals surface area contributed by atoms with E-state index in [0.29, 0.717) is 17.4 Å². The van der Waals surface area contributed by atoms with Crippen LogP contribution >= 0.6 is 0 Å². The number of para-hydroxylation sites is 1. The number of piperidine rings is 3. The molecule has 0 radical (unpaired) electrons. The van der Waals surface area contributed by atoms with Crippen LogP contribution in [0.2, 0.25) is 0 Å². The van der Waals surface area contributed by atoms with Crippen molar-refractivity contribution in [1.82, 2.24) is 4.98 Å². The van der Waals surface area contributed by atoms with Crippen LogP contribution in [0.4, 0.5) is 0 Å². The minimum Gasteiger partial charge on any atom is -0.382 e. The van der Waals surface area contributed by atoms with E-state index in [4.69, 9.17) is 5.26 Å². The molecule has 4 heteroatoms. The number of aliphatic hydroxyl groups excluding tert-OH is 1. The molecule has 3 saturated heterocycles. The molecule has 1 N–H and O–H groups in total. The Bertz CT molecular complexity index is 1140. The molecule has 0 amide bonds. The number of nitriles is 1. The van der Waals surface area contributed by atoms with Crippen molar-refractivity contribution in [2.45, 2.75) is 31.5 Å². The average molecular weight is 411 g/mol. The fourth-order valence-corrected chi connectivity index (χ4v) is 6.01. The molecule has 3 aliphatic heterocycles. The minimum absolute atomic E-state index is 0.136. The summed E-state index contributed by atoms with van der Waals surface area (Å²) in [4.78, 5) is 4.49. The molecule has 6 rings (SSSR count). The summed E-state index contributed by atoms with van der Waals surface area (Å²) in [7, 11) is 0. The zero-order chi connectivity index (χ0) is 21.4. The smallest absolute Gasteiger partial charge is 0.131 e. The lowest BCUT2D eigenvalue weighted by atomic mass is 9.71. The predicted molar refractivity (Wildman–Crippen MR) is 122 cm³/mol. The highest BCUT2D eigenvalue weighted by Crippen LogP contribution is 2.48. The summed E-state index contributed by atoms with van der Waals surface area (Å²) in [6.45, 7) is 7.07. The average Bonchev–Trinajstić information content (AvgIpc) is 2.83. The third-order valence-corrected chi connectivity index (χ3v) is 7.62. The van der Waals surface area contributed by atoms with Gasteiger partial charge in [-0.3, -0.25) is 4.98 Å². The first-order chi connectivity index (χ1) is 15.1. The second-order valence-electron chi connectivity index (χ2n) is 9.21. The van der Waals surface area contributed by atoms with Gasteiger partial charge in [0.2, 0.25) is 0 Å². The van der Waals surface area contributed by atoms with E-state index in [1.165, 1.54) is 12.0 Å². The second-order valence-corrected chi connectivity index (χ2v) is 9.21. The third-order valence-electron chi connectivity index (χ3n) is 7.62. The van der Waals surface area contributed by atoms with Crippen molar-refractivity contribution in [1.29, 1.82) is 5.26 Å². The van der Waals surface area contributed by atoms with E-state index in [2.05, 4.69) is 41.9 Å². The zero-order valence-electron chi connectivity index (χ0n) is 17.7. The second kappa shape index (κ2) is 7.92. The molecule has 0 spiro atoms. The molecule has 5 atom stereocenters. The SMILES string of the molecule is C=C[C@H]1C[N+]2(Cc3ccc(C#N)cc3)CC[C@H]1C[C@@H]2[C@@H](O)c1ccnc2ccccc12. The number of hydrogen-bond donors (Lipinski definition) is 1. The van der Waals surface area contributed by atoms with Crippen molar-refractivity contribution in [3.05, 3.63) is 90.1 Å². The van der Waals surface area contributed by atoms with Gasteiger partial charge in [-0.1, -0.05) is 36.4 Å². The molecular weight excluding hydrogens is 382 g/mol. The van der Waals surface area contributed by atoms with Crippen LogP contribution in [0.25, 0.3) is 10.9 Å². The van der Waals surface area contributed by atoms with E-state index in [1.54, 1.807) is 0 Å². The van der Waals surface area contributed by atoms with E-state index >= 15 is 0 Å². The lowest BCUT2D eigenvalue weighted by Crippen LogP contribution is -2.67. The monoisotopic (exact) mass is 410 g/mol. The van der Waals surface area contributed by atoms with E-state index < -0.39 is 6.10 Å². The lowest BCUT2D eigenvalue weighted by molar-refractivity contribution is -0.984. The van der Waals surface area contributed by atoms with Gasteiger partial charge < -0.3 is 9.59 Å². The molecular formula is C27H28N3O+. The molecule has 2 bridgehead atoms. The normalized spacial score (nSPS) is 28.2. The first kappa shape index (κ1) is 19.9. The molecule has 156 valence electrons. The molecule has 4 heterocycles. The quantitative estimate of drug-likeness (QED) is 0.488. The molecule has 2 aromatic carbocycles. The van der Waals surface area contributed by atoms with Gasteiger partial charge in [0.05, 0.1) is 30.2 Å². The number of quaternary nitrogens is 1. The standard InChI is InChI=1S/C27H28N3O/c1-2-21-18-30(17-20-9-7-19(16-28)8-10-20)14-12-22(21)15-26(30)27(31)24-11-13-29-25-6-4-3-5-23(24)25/h2-11,13,21-22,26-27,31H,1,12,14-15,17-18H2/q+1/t21-,22-,26+,27-,30?/m0/s1. The fourth-order valence-electron chi connectivity index (χ4n) is 6.01. The Labute approximate surface area is 183 Å². The van der Waals surface area contributed by atoms with Crippen molar-refractivity contribution in [3.8, 4) is 6.07 Å². The fraction of sp³-hybridized carbons (Fsp3) is 0.333. The van der Waals surface area contributed by atoms with Gasteiger partial charge >= 0.3 is 0 Å². The van der Waals surface area contributed by atoms with Gasteiger partial charge in [-0.2, -0.15) is 5.26 Å². The minimum atomic E-state index is -0.542.